The first-order chi connectivity index (χ1) is 6.43. The molecule has 0 unspecified atom stereocenters. The summed E-state index contributed by atoms with van der Waals surface area (Å²) in [6.45, 7) is 0.209. The summed E-state index contributed by atoms with van der Waals surface area (Å²) in [4.78, 5) is 0. The topological polar surface area (TPSA) is 12.0 Å². The zero-order valence-electron chi connectivity index (χ0n) is 7.86. The monoisotopic (exact) mass is 243 g/mol. The van der Waals surface area contributed by atoms with E-state index < -0.39 is 17.6 Å². The van der Waals surface area contributed by atoms with Crippen LogP contribution in [0.2, 0.25) is 0 Å². The lowest BCUT2D eigenvalue weighted by Crippen LogP contribution is -2.10. The second-order valence-corrected chi connectivity index (χ2v) is 2.88. The molecule has 1 nitrogen and oxygen atoms in total. The summed E-state index contributed by atoms with van der Waals surface area (Å²) in [7, 11) is 1.58. The van der Waals surface area contributed by atoms with Crippen LogP contribution in [0.5, 0.6) is 0 Å². The van der Waals surface area contributed by atoms with Crippen LogP contribution in [0.4, 0.5) is 17.6 Å². The Morgan fingerprint density at radius 3 is 2.27 bits per heavy atom. The van der Waals surface area contributed by atoms with Crippen molar-refractivity contribution in [3.63, 3.8) is 0 Å². The van der Waals surface area contributed by atoms with Gasteiger partial charge < -0.3 is 5.32 Å². The molecule has 6 heteroatoms. The number of rotatable bonds is 2. The van der Waals surface area contributed by atoms with Gasteiger partial charge in [0.2, 0.25) is 0 Å². The fourth-order valence-corrected chi connectivity index (χ4v) is 1.12. The fourth-order valence-electron chi connectivity index (χ4n) is 1.12. The van der Waals surface area contributed by atoms with Crippen molar-refractivity contribution in [1.29, 1.82) is 0 Å². The van der Waals surface area contributed by atoms with Gasteiger partial charge in [0.25, 0.3) is 0 Å². The average Bonchev–Trinajstić information content (AvgIpc) is 2.02. The number of halogens is 5. The van der Waals surface area contributed by atoms with E-state index in [1.165, 1.54) is 0 Å². The minimum absolute atomic E-state index is 0. The van der Waals surface area contributed by atoms with Gasteiger partial charge in [-0.2, -0.15) is 13.2 Å². The number of hydrogen-bond acceptors (Lipinski definition) is 1. The zero-order chi connectivity index (χ0) is 10.8. The summed E-state index contributed by atoms with van der Waals surface area (Å²) in [5, 5.41) is 2.66. The highest BCUT2D eigenvalue weighted by molar-refractivity contribution is 5.85. The molecule has 1 aromatic carbocycles. The molecule has 1 rings (SSSR count). The summed E-state index contributed by atoms with van der Waals surface area (Å²) >= 11 is 0. The van der Waals surface area contributed by atoms with Gasteiger partial charge in [0.1, 0.15) is 5.82 Å². The third kappa shape index (κ3) is 4.05. The summed E-state index contributed by atoms with van der Waals surface area (Å²) in [6, 6.07) is 2.49. The Hall–Kier alpha value is -0.810. The number of benzene rings is 1. The van der Waals surface area contributed by atoms with Crippen LogP contribution < -0.4 is 5.32 Å². The Morgan fingerprint density at radius 2 is 1.80 bits per heavy atom. The average molecular weight is 244 g/mol. The van der Waals surface area contributed by atoms with Gasteiger partial charge in [0, 0.05) is 6.54 Å². The molecule has 0 aliphatic heterocycles. The largest absolute Gasteiger partial charge is 0.416 e. The number of nitrogens with one attached hydrogen (secondary N) is 1. The Labute approximate surface area is 90.9 Å². The van der Waals surface area contributed by atoms with E-state index >= 15 is 0 Å². The minimum atomic E-state index is -4.50. The molecule has 0 bridgehead atoms. The standard InChI is InChI=1S/C9H9F4N.ClH/c1-14-5-6-2-7(9(11,12)13)4-8(10)3-6;/h2-4,14H,5H2,1H3;1H. The van der Waals surface area contributed by atoms with Crippen molar-refractivity contribution in [2.45, 2.75) is 12.7 Å². The minimum Gasteiger partial charge on any atom is -0.316 e. The molecule has 0 amide bonds. The molecule has 86 valence electrons. The highest BCUT2D eigenvalue weighted by Gasteiger charge is 2.31. The molecule has 1 N–H and O–H groups in total. The first-order valence-corrected chi connectivity index (χ1v) is 3.95. The third-order valence-electron chi connectivity index (χ3n) is 1.67. The van der Waals surface area contributed by atoms with Gasteiger partial charge in [-0.3, -0.25) is 0 Å². The van der Waals surface area contributed by atoms with E-state index in [9.17, 15) is 17.6 Å². The van der Waals surface area contributed by atoms with E-state index in [1.807, 2.05) is 0 Å². The Morgan fingerprint density at radius 1 is 1.20 bits per heavy atom. The van der Waals surface area contributed by atoms with E-state index in [0.29, 0.717) is 6.07 Å². The molecule has 0 aliphatic carbocycles. The predicted molar refractivity (Wildman–Crippen MR) is 51.4 cm³/mol. The second-order valence-electron chi connectivity index (χ2n) is 2.88. The van der Waals surface area contributed by atoms with Crippen molar-refractivity contribution in [2.75, 3.05) is 7.05 Å². The maximum atomic E-state index is 12.8. The number of alkyl halides is 3. The molecule has 0 radical (unpaired) electrons. The lowest BCUT2D eigenvalue weighted by Gasteiger charge is -2.08. The first-order valence-electron chi connectivity index (χ1n) is 3.95. The van der Waals surface area contributed by atoms with Crippen LogP contribution in [0.15, 0.2) is 18.2 Å². The normalized spacial score (nSPS) is 11.0. The van der Waals surface area contributed by atoms with Crippen LogP contribution >= 0.6 is 12.4 Å². The van der Waals surface area contributed by atoms with Crippen LogP contribution in [0.1, 0.15) is 11.1 Å². The van der Waals surface area contributed by atoms with Crippen LogP contribution in [0.25, 0.3) is 0 Å². The molecule has 0 aromatic heterocycles. The van der Waals surface area contributed by atoms with Gasteiger partial charge in [0.15, 0.2) is 0 Å². The lowest BCUT2D eigenvalue weighted by atomic mass is 10.1. The predicted octanol–water partition coefficient (Wildman–Crippen LogP) is 2.99. The molecule has 0 atom stereocenters. The van der Waals surface area contributed by atoms with E-state index in [2.05, 4.69) is 5.32 Å². The van der Waals surface area contributed by atoms with Gasteiger partial charge in [-0.05, 0) is 30.8 Å². The summed E-state index contributed by atoms with van der Waals surface area (Å²) in [5.74, 6) is -0.870. The van der Waals surface area contributed by atoms with Gasteiger partial charge in [-0.15, -0.1) is 12.4 Å². The molecule has 0 spiro atoms. The van der Waals surface area contributed by atoms with Crippen molar-refractivity contribution in [3.8, 4) is 0 Å². The second kappa shape index (κ2) is 5.32. The van der Waals surface area contributed by atoms with Crippen molar-refractivity contribution < 1.29 is 17.6 Å². The van der Waals surface area contributed by atoms with Gasteiger partial charge in [0.05, 0.1) is 5.56 Å². The van der Waals surface area contributed by atoms with E-state index in [0.717, 1.165) is 12.1 Å². The molecule has 0 aliphatic rings. The number of hydrogen-bond donors (Lipinski definition) is 1. The Kier molecular flexibility index (Phi) is 5.03. The van der Waals surface area contributed by atoms with Crippen molar-refractivity contribution >= 4 is 12.4 Å². The third-order valence-corrected chi connectivity index (χ3v) is 1.67. The molecular formula is C9H10ClF4N. The highest BCUT2D eigenvalue weighted by atomic mass is 35.5. The van der Waals surface area contributed by atoms with Crippen molar-refractivity contribution in [2.24, 2.45) is 0 Å². The summed E-state index contributed by atoms with van der Waals surface area (Å²) in [5.41, 5.74) is -0.678. The highest BCUT2D eigenvalue weighted by Crippen LogP contribution is 2.30. The first kappa shape index (κ1) is 14.2. The fraction of sp³-hybridized carbons (Fsp3) is 0.333. The van der Waals surface area contributed by atoms with Gasteiger partial charge >= 0.3 is 6.18 Å². The van der Waals surface area contributed by atoms with Crippen LogP contribution in [0, 0.1) is 5.82 Å². The quantitative estimate of drug-likeness (QED) is 0.788. The van der Waals surface area contributed by atoms with Crippen molar-refractivity contribution in [3.05, 3.63) is 35.1 Å². The molecule has 1 aromatic rings. The van der Waals surface area contributed by atoms with Crippen LogP contribution in [0.3, 0.4) is 0 Å². The molecular weight excluding hydrogens is 234 g/mol. The Balaban J connectivity index is 0.00000196. The van der Waals surface area contributed by atoms with Crippen LogP contribution in [-0.4, -0.2) is 7.05 Å². The molecule has 0 saturated carbocycles. The Bertz CT molecular complexity index is 324. The maximum Gasteiger partial charge on any atom is 0.416 e. The molecule has 0 fully saturated rings. The molecule has 0 saturated heterocycles. The summed E-state index contributed by atoms with van der Waals surface area (Å²) in [6.07, 6.45) is -4.50. The van der Waals surface area contributed by atoms with Gasteiger partial charge in [-0.1, -0.05) is 0 Å². The molecule has 15 heavy (non-hydrogen) atoms. The van der Waals surface area contributed by atoms with Crippen LogP contribution in [-0.2, 0) is 12.7 Å². The van der Waals surface area contributed by atoms with E-state index in [-0.39, 0.29) is 24.5 Å². The van der Waals surface area contributed by atoms with E-state index in [4.69, 9.17) is 0 Å². The SMILES string of the molecule is CNCc1cc(F)cc(C(F)(F)F)c1.Cl. The van der Waals surface area contributed by atoms with Crippen molar-refractivity contribution in [1.82, 2.24) is 5.32 Å². The smallest absolute Gasteiger partial charge is 0.316 e. The van der Waals surface area contributed by atoms with E-state index in [1.54, 1.807) is 7.05 Å². The van der Waals surface area contributed by atoms with Gasteiger partial charge in [-0.25, -0.2) is 4.39 Å². The molecule has 0 heterocycles. The summed E-state index contributed by atoms with van der Waals surface area (Å²) < 4.78 is 49.4. The maximum absolute atomic E-state index is 12.8. The zero-order valence-corrected chi connectivity index (χ0v) is 8.68. The lowest BCUT2D eigenvalue weighted by molar-refractivity contribution is -0.137.